The van der Waals surface area contributed by atoms with Gasteiger partial charge in [0.1, 0.15) is 6.04 Å². The number of amides is 2. The Balaban J connectivity index is 1.32. The van der Waals surface area contributed by atoms with Crippen LogP contribution in [0.25, 0.3) is 10.8 Å². The second-order valence-electron chi connectivity index (χ2n) is 10.6. The van der Waals surface area contributed by atoms with Crippen molar-refractivity contribution in [1.29, 1.82) is 0 Å². The van der Waals surface area contributed by atoms with Gasteiger partial charge in [-0.3, -0.25) is 13.9 Å². The molecule has 1 fully saturated rings. The molecule has 0 saturated heterocycles. The zero-order chi connectivity index (χ0) is 28.4. The largest absolute Gasteiger partial charge is 0.352 e. The van der Waals surface area contributed by atoms with Gasteiger partial charge in [0.05, 0.1) is 10.6 Å². The Bertz CT molecular complexity index is 1510. The molecular formula is C30H33Cl2N3O4S. The molecule has 0 bridgehead atoms. The Hall–Kier alpha value is -2.81. The van der Waals surface area contributed by atoms with Crippen LogP contribution in [0, 0.1) is 0 Å². The predicted molar refractivity (Wildman–Crippen MR) is 159 cm³/mol. The Morgan fingerprint density at radius 1 is 1.00 bits per heavy atom. The van der Waals surface area contributed by atoms with Crippen molar-refractivity contribution in [3.05, 3.63) is 70.2 Å². The Kier molecular flexibility index (Phi) is 8.59. The Morgan fingerprint density at radius 2 is 1.65 bits per heavy atom. The van der Waals surface area contributed by atoms with Crippen LogP contribution < -0.4 is 9.62 Å². The fourth-order valence-electron chi connectivity index (χ4n) is 5.72. The number of carbonyl (C=O) groups is 2. The molecule has 0 aromatic heterocycles. The minimum Gasteiger partial charge on any atom is -0.352 e. The normalized spacial score (nSPS) is 17.1. The van der Waals surface area contributed by atoms with E-state index in [1.807, 2.05) is 18.2 Å². The van der Waals surface area contributed by atoms with Crippen molar-refractivity contribution in [3.8, 4) is 0 Å². The van der Waals surface area contributed by atoms with E-state index in [9.17, 15) is 18.0 Å². The number of nitrogens with one attached hydrogen (secondary N) is 1. The number of carbonyl (C=O) groups excluding carboxylic acids is 2. The fraction of sp³-hybridized carbons (Fsp3) is 0.400. The van der Waals surface area contributed by atoms with E-state index in [2.05, 4.69) is 5.32 Å². The summed E-state index contributed by atoms with van der Waals surface area (Å²) in [5.41, 5.74) is 1.20. The number of halogens is 2. The quantitative estimate of drug-likeness (QED) is 0.312. The molecule has 7 nitrogen and oxygen atoms in total. The summed E-state index contributed by atoms with van der Waals surface area (Å²) in [6.45, 7) is 1.93. The summed E-state index contributed by atoms with van der Waals surface area (Å²) in [6.07, 6.45) is 5.53. The average molecular weight is 603 g/mol. The highest BCUT2D eigenvalue weighted by atomic mass is 35.5. The number of rotatable bonds is 9. The van der Waals surface area contributed by atoms with Gasteiger partial charge in [-0.05, 0) is 55.8 Å². The highest BCUT2D eigenvalue weighted by Gasteiger charge is 2.35. The average Bonchev–Trinajstić information content (AvgIpc) is 3.16. The molecule has 3 aromatic rings. The minimum atomic E-state index is -3.71. The molecule has 1 aliphatic carbocycles. The first-order valence-corrected chi connectivity index (χ1v) is 16.0. The van der Waals surface area contributed by atoms with Gasteiger partial charge in [-0.2, -0.15) is 0 Å². The van der Waals surface area contributed by atoms with E-state index in [1.165, 1.54) is 15.6 Å². The first-order valence-electron chi connectivity index (χ1n) is 13.8. The Labute approximate surface area is 245 Å². The lowest BCUT2D eigenvalue weighted by molar-refractivity contribution is -0.141. The molecular weight excluding hydrogens is 569 g/mol. The van der Waals surface area contributed by atoms with E-state index in [4.69, 9.17) is 23.2 Å². The predicted octanol–water partition coefficient (Wildman–Crippen LogP) is 6.30. The summed E-state index contributed by atoms with van der Waals surface area (Å²) in [4.78, 5) is 28.7. The lowest BCUT2D eigenvalue weighted by atomic mass is 9.95. The van der Waals surface area contributed by atoms with E-state index in [0.717, 1.165) is 31.1 Å². The van der Waals surface area contributed by atoms with Gasteiger partial charge >= 0.3 is 0 Å². The van der Waals surface area contributed by atoms with Crippen molar-refractivity contribution in [1.82, 2.24) is 10.2 Å². The van der Waals surface area contributed by atoms with Crippen molar-refractivity contribution in [3.63, 3.8) is 0 Å². The number of hydrogen-bond acceptors (Lipinski definition) is 4. The molecule has 0 spiro atoms. The minimum absolute atomic E-state index is 0.0570. The van der Waals surface area contributed by atoms with Crippen LogP contribution in [-0.4, -0.2) is 43.8 Å². The maximum atomic E-state index is 13.6. The van der Waals surface area contributed by atoms with Crippen molar-refractivity contribution in [2.75, 3.05) is 10.8 Å². The molecule has 0 radical (unpaired) electrons. The topological polar surface area (TPSA) is 86.8 Å². The molecule has 2 aliphatic rings. The molecule has 1 heterocycles. The zero-order valence-electron chi connectivity index (χ0n) is 22.4. The molecule has 1 saturated carbocycles. The number of nitrogens with zero attached hydrogens (tertiary/aromatic N) is 2. The summed E-state index contributed by atoms with van der Waals surface area (Å²) >= 11 is 12.9. The van der Waals surface area contributed by atoms with Crippen LogP contribution in [0.5, 0.6) is 0 Å². The van der Waals surface area contributed by atoms with Crippen LogP contribution >= 0.6 is 23.2 Å². The number of benzene rings is 3. The number of anilines is 1. The van der Waals surface area contributed by atoms with E-state index in [0.29, 0.717) is 26.7 Å². The Morgan fingerprint density at radius 3 is 2.35 bits per heavy atom. The van der Waals surface area contributed by atoms with E-state index >= 15 is 0 Å². The van der Waals surface area contributed by atoms with Gasteiger partial charge < -0.3 is 10.2 Å². The summed E-state index contributed by atoms with van der Waals surface area (Å²) in [7, 11) is -3.71. The summed E-state index contributed by atoms with van der Waals surface area (Å²) in [6, 6.07) is 15.3. The van der Waals surface area contributed by atoms with Crippen LogP contribution in [-0.2, 0) is 26.2 Å². The van der Waals surface area contributed by atoms with E-state index in [-0.39, 0.29) is 48.7 Å². The maximum Gasteiger partial charge on any atom is 0.265 e. The lowest BCUT2D eigenvalue weighted by Crippen LogP contribution is -2.50. The molecule has 5 rings (SSSR count). The maximum absolute atomic E-state index is 13.6. The van der Waals surface area contributed by atoms with Gasteiger partial charge in [-0.15, -0.1) is 0 Å². The van der Waals surface area contributed by atoms with Crippen LogP contribution in [0.4, 0.5) is 5.69 Å². The standard InChI is InChI=1S/C30H33Cl2N3O4S/c1-20(30(37)33-22-11-3-2-4-12-22)34(19-23-24(31)13-7-14-25(23)32)28(36)17-8-18-35-26-15-5-9-21-10-6-16-27(29(21)26)40(35,38)39/h5-7,9-10,13-16,20,22H,2-4,8,11-12,17-19H2,1H3,(H,33,37)/t20-/m0/s1. The van der Waals surface area contributed by atoms with Gasteiger partial charge in [-0.1, -0.05) is 72.8 Å². The molecule has 40 heavy (non-hydrogen) atoms. The highest BCUT2D eigenvalue weighted by molar-refractivity contribution is 7.93. The van der Waals surface area contributed by atoms with Crippen LogP contribution in [0.15, 0.2) is 59.5 Å². The van der Waals surface area contributed by atoms with Crippen LogP contribution in [0.3, 0.4) is 0 Å². The van der Waals surface area contributed by atoms with Crippen LogP contribution in [0.2, 0.25) is 10.0 Å². The van der Waals surface area contributed by atoms with Gasteiger partial charge in [0, 0.05) is 46.5 Å². The molecule has 212 valence electrons. The van der Waals surface area contributed by atoms with Gasteiger partial charge in [0.2, 0.25) is 11.8 Å². The van der Waals surface area contributed by atoms with Gasteiger partial charge in [0.25, 0.3) is 10.0 Å². The zero-order valence-corrected chi connectivity index (χ0v) is 24.7. The van der Waals surface area contributed by atoms with E-state index < -0.39 is 16.1 Å². The summed E-state index contributed by atoms with van der Waals surface area (Å²) in [5.74, 6) is -0.484. The fourth-order valence-corrected chi connectivity index (χ4v) is 7.99. The van der Waals surface area contributed by atoms with Crippen molar-refractivity contribution >= 4 is 61.5 Å². The third-order valence-corrected chi connectivity index (χ3v) is 10.5. The van der Waals surface area contributed by atoms with Crippen molar-refractivity contribution in [2.45, 2.75) is 75.4 Å². The number of sulfonamides is 1. The highest BCUT2D eigenvalue weighted by Crippen LogP contribution is 2.42. The van der Waals surface area contributed by atoms with Gasteiger partial charge in [-0.25, -0.2) is 8.42 Å². The smallest absolute Gasteiger partial charge is 0.265 e. The van der Waals surface area contributed by atoms with Crippen LogP contribution in [0.1, 0.15) is 57.4 Å². The third kappa shape index (κ3) is 5.67. The summed E-state index contributed by atoms with van der Waals surface area (Å²) in [5, 5.41) is 5.51. The molecule has 3 aromatic carbocycles. The monoisotopic (exact) mass is 601 g/mol. The second kappa shape index (κ2) is 12.0. The van der Waals surface area contributed by atoms with Crippen molar-refractivity contribution in [2.24, 2.45) is 0 Å². The first-order chi connectivity index (χ1) is 19.2. The molecule has 2 amide bonds. The van der Waals surface area contributed by atoms with Crippen molar-refractivity contribution < 1.29 is 18.0 Å². The molecule has 0 unspecified atom stereocenters. The van der Waals surface area contributed by atoms with E-state index in [1.54, 1.807) is 43.3 Å². The molecule has 1 aliphatic heterocycles. The molecule has 1 atom stereocenters. The lowest BCUT2D eigenvalue weighted by Gasteiger charge is -2.32. The third-order valence-electron chi connectivity index (χ3n) is 7.94. The molecule has 1 N–H and O–H groups in total. The van der Waals surface area contributed by atoms with Gasteiger partial charge in [0.15, 0.2) is 0 Å². The SMILES string of the molecule is C[C@@H](C(=O)NC1CCCCC1)N(Cc1c(Cl)cccc1Cl)C(=O)CCCN1c2cccc3cccc(c23)S1(=O)=O. The second-order valence-corrected chi connectivity index (χ2v) is 13.2. The first kappa shape index (κ1) is 28.7. The molecule has 10 heteroatoms. The number of hydrogen-bond donors (Lipinski definition) is 1. The summed E-state index contributed by atoms with van der Waals surface area (Å²) < 4.78 is 28.0.